The predicted octanol–water partition coefficient (Wildman–Crippen LogP) is 2.91. The number of halogens is 10. The van der Waals surface area contributed by atoms with Crippen molar-refractivity contribution in [2.75, 3.05) is 33.8 Å². The molecule has 18 heteroatoms. The second kappa shape index (κ2) is 7.91. The number of likely N-dealkylation sites (N-methyl/N-ethyl adjacent to an activating group) is 1. The van der Waals surface area contributed by atoms with E-state index < -0.39 is 70.9 Å². The van der Waals surface area contributed by atoms with Crippen LogP contribution in [0.4, 0.5) is 43.9 Å². The molecule has 0 heterocycles. The lowest BCUT2D eigenvalue weighted by Gasteiger charge is -2.42. The van der Waals surface area contributed by atoms with E-state index in [0.29, 0.717) is 0 Å². The monoisotopic (exact) mass is 510 g/mol. The van der Waals surface area contributed by atoms with E-state index in [1.54, 1.807) is 0 Å². The number of ether oxygens (including phenoxy) is 1. The molecule has 0 aliphatic heterocycles. The van der Waals surface area contributed by atoms with E-state index in [0.717, 1.165) is 20.9 Å². The number of quaternary nitrogens is 1. The second-order valence-electron chi connectivity index (χ2n) is 6.33. The van der Waals surface area contributed by atoms with Crippen molar-refractivity contribution in [3.05, 3.63) is 0 Å². The molecule has 0 N–H and O–H groups in total. The fraction of sp³-hybridized carbons (Fsp3) is 1.00. The van der Waals surface area contributed by atoms with Crippen LogP contribution in [0.15, 0.2) is 0 Å². The first-order valence-corrected chi connectivity index (χ1v) is 10.6. The number of nitrogens with zero attached hydrogens (tertiary/aromatic N) is 1. The Balaban J connectivity index is 7.62. The summed E-state index contributed by atoms with van der Waals surface area (Å²) in [4.78, 5) is 0. The van der Waals surface area contributed by atoms with Crippen LogP contribution in [0.5, 0.6) is 0 Å². The summed E-state index contributed by atoms with van der Waals surface area (Å²) in [7, 11) is -14.9. The van der Waals surface area contributed by atoms with Crippen LogP contribution in [-0.2, 0) is 24.4 Å². The van der Waals surface area contributed by atoms with Crippen LogP contribution in [0, 0.1) is 0 Å². The first-order chi connectivity index (χ1) is 12.9. The molecule has 0 atom stereocenters. The van der Waals surface area contributed by atoms with Crippen molar-refractivity contribution in [1.29, 1.82) is 0 Å². The van der Waals surface area contributed by atoms with Crippen LogP contribution < -0.4 is 0 Å². The largest absolute Gasteiger partial charge is 0.469 e. The Morgan fingerprint density at radius 2 is 0.967 bits per heavy atom. The molecule has 0 rings (SSSR count). The summed E-state index contributed by atoms with van der Waals surface area (Å²) in [5, 5.41) is -14.1. The number of sulfone groups is 2. The van der Waals surface area contributed by atoms with Crippen LogP contribution in [-0.4, -0.2) is 82.2 Å². The topological polar surface area (TPSA) is 77.5 Å². The molecule has 0 fully saturated rings. The van der Waals surface area contributed by atoms with Crippen molar-refractivity contribution < 1.29 is 70.0 Å². The average molecular weight is 510 g/mol. The summed E-state index contributed by atoms with van der Waals surface area (Å²) >= 11 is 0. The Morgan fingerprint density at radius 3 is 1.13 bits per heavy atom. The smallest absolute Gasteiger partial charge is 0.345 e. The van der Waals surface area contributed by atoms with Gasteiger partial charge in [0.25, 0.3) is 19.7 Å². The van der Waals surface area contributed by atoms with Gasteiger partial charge in [0.05, 0.1) is 20.1 Å². The van der Waals surface area contributed by atoms with Gasteiger partial charge in [-0.1, -0.05) is 0 Å². The van der Waals surface area contributed by atoms with Crippen molar-refractivity contribution in [3.8, 4) is 0 Å². The van der Waals surface area contributed by atoms with Gasteiger partial charge in [-0.05, 0) is 13.8 Å². The molecule has 0 bridgehead atoms. The van der Waals surface area contributed by atoms with Gasteiger partial charge in [-0.2, -0.15) is 43.9 Å². The molecule has 0 saturated heterocycles. The van der Waals surface area contributed by atoms with Crippen LogP contribution in [0.25, 0.3) is 0 Å². The minimum absolute atomic E-state index is 0.177. The number of rotatable bonds is 9. The van der Waals surface area contributed by atoms with Crippen molar-refractivity contribution in [2.24, 2.45) is 0 Å². The standard InChI is InChI=1S/C12H18F10NO5S2/c1-5-23(3,6-2)7-8(28-4,29(24,25)11(19,20)9(13,14)15)30(26,27)12(21,22)10(16,17)18/h5-7H2,1-4H3/q+1. The first kappa shape index (κ1) is 29.1. The van der Waals surface area contributed by atoms with Gasteiger partial charge in [0.15, 0.2) is 0 Å². The number of alkyl halides is 10. The van der Waals surface area contributed by atoms with Gasteiger partial charge < -0.3 is 9.22 Å². The van der Waals surface area contributed by atoms with E-state index in [9.17, 15) is 60.7 Å². The van der Waals surface area contributed by atoms with Crippen molar-refractivity contribution in [1.82, 2.24) is 0 Å². The lowest BCUT2D eigenvalue weighted by molar-refractivity contribution is -0.908. The molecular weight excluding hydrogens is 492 g/mol. The normalized spacial score (nSPS) is 16.1. The summed E-state index contributed by atoms with van der Waals surface area (Å²) in [5.41, 5.74) is 0. The molecule has 0 aromatic rings. The quantitative estimate of drug-likeness (QED) is 0.352. The van der Waals surface area contributed by atoms with Gasteiger partial charge in [0.1, 0.15) is 6.54 Å². The predicted molar refractivity (Wildman–Crippen MR) is 81.7 cm³/mol. The fourth-order valence-corrected chi connectivity index (χ4v) is 6.78. The van der Waals surface area contributed by atoms with E-state index >= 15 is 0 Å². The lowest BCUT2D eigenvalue weighted by Crippen LogP contribution is -2.70. The molecule has 6 nitrogen and oxygen atoms in total. The maximum absolute atomic E-state index is 13.8. The lowest BCUT2D eigenvalue weighted by atomic mass is 10.4. The highest BCUT2D eigenvalue weighted by Gasteiger charge is 2.84. The average Bonchev–Trinajstić information content (AvgIpc) is 2.56. The van der Waals surface area contributed by atoms with Crippen molar-refractivity contribution in [3.63, 3.8) is 0 Å². The molecule has 0 amide bonds. The zero-order valence-corrected chi connectivity index (χ0v) is 17.3. The zero-order chi connectivity index (χ0) is 24.8. The summed E-state index contributed by atoms with van der Waals surface area (Å²) in [6.07, 6.45) is -14.1. The van der Waals surface area contributed by atoms with Crippen LogP contribution in [0.1, 0.15) is 13.8 Å². The molecule has 182 valence electrons. The van der Waals surface area contributed by atoms with Gasteiger partial charge in [0.2, 0.25) is 0 Å². The second-order valence-corrected chi connectivity index (χ2v) is 10.9. The Hall–Kier alpha value is -0.880. The van der Waals surface area contributed by atoms with E-state index in [2.05, 4.69) is 4.74 Å². The molecule has 0 aromatic carbocycles. The Labute approximate surface area is 165 Å². The summed E-state index contributed by atoms with van der Waals surface area (Å²) in [6, 6.07) is 0. The molecule has 0 aliphatic carbocycles. The molecule has 0 unspecified atom stereocenters. The molecule has 0 aromatic heterocycles. The van der Waals surface area contributed by atoms with E-state index in [1.807, 2.05) is 0 Å². The van der Waals surface area contributed by atoms with Gasteiger partial charge in [-0.25, -0.2) is 16.8 Å². The van der Waals surface area contributed by atoms with Crippen LogP contribution in [0.3, 0.4) is 0 Å². The van der Waals surface area contributed by atoms with Crippen molar-refractivity contribution >= 4 is 19.7 Å². The Bertz CT molecular complexity index is 772. The van der Waals surface area contributed by atoms with Gasteiger partial charge in [-0.3, -0.25) is 0 Å². The molecule has 30 heavy (non-hydrogen) atoms. The first-order valence-electron chi connectivity index (χ1n) is 7.65. The third-order valence-corrected chi connectivity index (χ3v) is 9.93. The van der Waals surface area contributed by atoms with Crippen LogP contribution in [0.2, 0.25) is 0 Å². The molecule has 0 spiro atoms. The maximum Gasteiger partial charge on any atom is 0.469 e. The van der Waals surface area contributed by atoms with Gasteiger partial charge in [-0.15, -0.1) is 0 Å². The molecular formula is C12H18F10NO5S2+. The fourth-order valence-electron chi connectivity index (χ4n) is 2.21. The van der Waals surface area contributed by atoms with Crippen molar-refractivity contribution in [2.45, 2.75) is 41.0 Å². The third-order valence-electron chi connectivity index (χ3n) is 4.57. The van der Waals surface area contributed by atoms with Gasteiger partial charge >= 0.3 is 27.1 Å². The highest BCUT2D eigenvalue weighted by atomic mass is 32.3. The number of methoxy groups -OCH3 is 1. The van der Waals surface area contributed by atoms with E-state index in [1.165, 1.54) is 0 Å². The minimum atomic E-state index is -7.79. The third kappa shape index (κ3) is 3.99. The number of hydrogen-bond acceptors (Lipinski definition) is 5. The maximum atomic E-state index is 13.8. The Kier molecular flexibility index (Phi) is 7.68. The van der Waals surface area contributed by atoms with E-state index in [-0.39, 0.29) is 7.11 Å². The highest BCUT2D eigenvalue weighted by Crippen LogP contribution is 2.52. The molecule has 0 saturated carbocycles. The SMILES string of the molecule is CC[N+](C)(CC)CC(OC)(S(=O)(=O)C(F)(F)C(F)(F)F)S(=O)(=O)C(F)(F)C(F)(F)F. The molecule has 0 radical (unpaired) electrons. The number of hydrogen-bond donors (Lipinski definition) is 0. The minimum Gasteiger partial charge on any atom is -0.345 e. The van der Waals surface area contributed by atoms with Gasteiger partial charge in [0, 0.05) is 7.11 Å². The zero-order valence-electron chi connectivity index (χ0n) is 15.7. The summed E-state index contributed by atoms with van der Waals surface area (Å²) in [6.45, 7) is -0.831. The summed E-state index contributed by atoms with van der Waals surface area (Å²) < 4.78 is 178. The van der Waals surface area contributed by atoms with Crippen LogP contribution >= 0.6 is 0 Å². The Morgan fingerprint density at radius 1 is 0.700 bits per heavy atom. The van der Waals surface area contributed by atoms with E-state index in [4.69, 9.17) is 0 Å². The highest BCUT2D eigenvalue weighted by molar-refractivity contribution is 8.11. The molecule has 0 aliphatic rings. The summed E-state index contributed by atoms with van der Waals surface area (Å²) in [5.74, 6) is 0.